The SMILES string of the molecule is CC(=O)c1ccc(OCC2CCCCN2C)c(F)c1. The van der Waals surface area contributed by atoms with Gasteiger partial charge in [-0.1, -0.05) is 6.42 Å². The number of hydrogen-bond acceptors (Lipinski definition) is 3. The second-order valence-electron chi connectivity index (χ2n) is 5.14. The number of halogens is 1. The van der Waals surface area contributed by atoms with Crippen LogP contribution in [0.1, 0.15) is 36.5 Å². The van der Waals surface area contributed by atoms with Crippen LogP contribution < -0.4 is 4.74 Å². The van der Waals surface area contributed by atoms with E-state index in [4.69, 9.17) is 4.74 Å². The lowest BCUT2D eigenvalue weighted by molar-refractivity contribution is 0.101. The van der Waals surface area contributed by atoms with E-state index in [1.165, 1.54) is 31.9 Å². The van der Waals surface area contributed by atoms with E-state index in [9.17, 15) is 9.18 Å². The smallest absolute Gasteiger partial charge is 0.165 e. The molecule has 2 rings (SSSR count). The molecule has 1 unspecified atom stereocenters. The molecule has 3 nitrogen and oxygen atoms in total. The van der Waals surface area contributed by atoms with Crippen molar-refractivity contribution >= 4 is 5.78 Å². The molecule has 0 amide bonds. The molecule has 1 saturated heterocycles. The minimum Gasteiger partial charge on any atom is -0.489 e. The van der Waals surface area contributed by atoms with Crippen molar-refractivity contribution in [3.8, 4) is 5.75 Å². The van der Waals surface area contributed by atoms with Gasteiger partial charge in [-0.2, -0.15) is 0 Å². The minimum absolute atomic E-state index is 0.141. The van der Waals surface area contributed by atoms with E-state index in [1.807, 2.05) is 0 Å². The van der Waals surface area contributed by atoms with Crippen LogP contribution in [-0.2, 0) is 0 Å². The molecule has 19 heavy (non-hydrogen) atoms. The van der Waals surface area contributed by atoms with Crippen LogP contribution in [0.4, 0.5) is 4.39 Å². The third-order valence-corrected chi connectivity index (χ3v) is 3.69. The average Bonchev–Trinajstić information content (AvgIpc) is 2.39. The number of ether oxygens (including phenoxy) is 1. The Labute approximate surface area is 113 Å². The summed E-state index contributed by atoms with van der Waals surface area (Å²) in [4.78, 5) is 13.4. The van der Waals surface area contributed by atoms with Crippen molar-refractivity contribution in [2.45, 2.75) is 32.2 Å². The molecule has 4 heteroatoms. The Morgan fingerprint density at radius 2 is 2.26 bits per heavy atom. The molecule has 1 aromatic rings. The fourth-order valence-corrected chi connectivity index (χ4v) is 2.38. The van der Waals surface area contributed by atoms with Gasteiger partial charge in [-0.3, -0.25) is 4.79 Å². The van der Waals surface area contributed by atoms with Crippen molar-refractivity contribution in [1.29, 1.82) is 0 Å². The Balaban J connectivity index is 1.97. The number of carbonyl (C=O) groups is 1. The fraction of sp³-hybridized carbons (Fsp3) is 0.533. The Bertz CT molecular complexity index is 461. The minimum atomic E-state index is -0.467. The van der Waals surface area contributed by atoms with Crippen molar-refractivity contribution in [2.24, 2.45) is 0 Å². The highest BCUT2D eigenvalue weighted by atomic mass is 19.1. The molecule has 0 radical (unpaired) electrons. The van der Waals surface area contributed by atoms with Crippen LogP contribution in [0.5, 0.6) is 5.75 Å². The maximum atomic E-state index is 13.8. The molecule has 1 heterocycles. The number of rotatable bonds is 4. The van der Waals surface area contributed by atoms with Crippen LogP contribution in [0.3, 0.4) is 0 Å². The van der Waals surface area contributed by atoms with Gasteiger partial charge < -0.3 is 9.64 Å². The molecule has 1 aliphatic rings. The predicted molar refractivity (Wildman–Crippen MR) is 72.2 cm³/mol. The summed E-state index contributed by atoms with van der Waals surface area (Å²) in [5, 5.41) is 0. The summed E-state index contributed by atoms with van der Waals surface area (Å²) in [6.07, 6.45) is 3.50. The van der Waals surface area contributed by atoms with E-state index in [0.717, 1.165) is 13.0 Å². The van der Waals surface area contributed by atoms with Crippen molar-refractivity contribution in [3.63, 3.8) is 0 Å². The van der Waals surface area contributed by atoms with E-state index < -0.39 is 5.82 Å². The molecule has 0 bridgehead atoms. The third kappa shape index (κ3) is 3.53. The zero-order valence-electron chi connectivity index (χ0n) is 11.5. The first-order valence-electron chi connectivity index (χ1n) is 6.71. The highest BCUT2D eigenvalue weighted by molar-refractivity contribution is 5.94. The summed E-state index contributed by atoms with van der Waals surface area (Å²) in [7, 11) is 2.07. The normalized spacial score (nSPS) is 20.3. The van der Waals surface area contributed by atoms with Gasteiger partial charge >= 0.3 is 0 Å². The molecule has 1 aliphatic heterocycles. The molecule has 1 fully saturated rings. The second kappa shape index (κ2) is 6.15. The van der Waals surface area contributed by atoms with Crippen LogP contribution in [-0.4, -0.2) is 36.9 Å². The first kappa shape index (κ1) is 14.0. The molecular formula is C15H20FNO2. The van der Waals surface area contributed by atoms with Gasteiger partial charge in [0, 0.05) is 11.6 Å². The molecule has 0 saturated carbocycles. The lowest BCUT2D eigenvalue weighted by Crippen LogP contribution is -2.40. The van der Waals surface area contributed by atoms with Gasteiger partial charge in [0.25, 0.3) is 0 Å². The topological polar surface area (TPSA) is 29.5 Å². The van der Waals surface area contributed by atoms with Crippen molar-refractivity contribution in [3.05, 3.63) is 29.6 Å². The fourth-order valence-electron chi connectivity index (χ4n) is 2.38. The quantitative estimate of drug-likeness (QED) is 0.784. The number of hydrogen-bond donors (Lipinski definition) is 0. The molecule has 1 aromatic carbocycles. The van der Waals surface area contributed by atoms with E-state index >= 15 is 0 Å². The second-order valence-corrected chi connectivity index (χ2v) is 5.14. The number of likely N-dealkylation sites (tertiary alicyclic amines) is 1. The first-order valence-corrected chi connectivity index (χ1v) is 6.71. The van der Waals surface area contributed by atoms with Gasteiger partial charge in [0.2, 0.25) is 0 Å². The standard InChI is InChI=1S/C15H20FNO2/c1-11(18)12-6-7-15(14(16)9-12)19-10-13-5-3-4-8-17(13)2/h6-7,9,13H,3-5,8,10H2,1-2H3. The molecule has 1 atom stereocenters. The van der Waals surface area contributed by atoms with Crippen LogP contribution in [0.2, 0.25) is 0 Å². The van der Waals surface area contributed by atoms with Gasteiger partial charge in [-0.05, 0) is 51.6 Å². The summed E-state index contributed by atoms with van der Waals surface area (Å²) in [5.74, 6) is -0.382. The van der Waals surface area contributed by atoms with Gasteiger partial charge in [0.15, 0.2) is 17.3 Å². The van der Waals surface area contributed by atoms with E-state index in [1.54, 1.807) is 6.07 Å². The van der Waals surface area contributed by atoms with Crippen LogP contribution in [0.15, 0.2) is 18.2 Å². The molecule has 104 valence electrons. The van der Waals surface area contributed by atoms with Crippen molar-refractivity contribution < 1.29 is 13.9 Å². The zero-order chi connectivity index (χ0) is 13.8. The lowest BCUT2D eigenvalue weighted by atomic mass is 10.0. The van der Waals surface area contributed by atoms with Gasteiger partial charge in [0.1, 0.15) is 6.61 Å². The van der Waals surface area contributed by atoms with E-state index in [2.05, 4.69) is 11.9 Å². The Morgan fingerprint density at radius 3 is 2.89 bits per heavy atom. The number of piperidine rings is 1. The lowest BCUT2D eigenvalue weighted by Gasteiger charge is -2.32. The average molecular weight is 265 g/mol. The highest BCUT2D eigenvalue weighted by Crippen LogP contribution is 2.21. The number of ketones is 1. The summed E-state index contributed by atoms with van der Waals surface area (Å²) in [6, 6.07) is 4.73. The summed E-state index contributed by atoms with van der Waals surface area (Å²) in [6.45, 7) is 2.99. The summed E-state index contributed by atoms with van der Waals surface area (Å²) >= 11 is 0. The number of nitrogens with zero attached hydrogens (tertiary/aromatic N) is 1. The Morgan fingerprint density at radius 1 is 1.47 bits per heavy atom. The van der Waals surface area contributed by atoms with Crippen LogP contribution in [0.25, 0.3) is 0 Å². The number of likely N-dealkylation sites (N-methyl/N-ethyl adjacent to an activating group) is 1. The largest absolute Gasteiger partial charge is 0.489 e. The van der Waals surface area contributed by atoms with Crippen molar-refractivity contribution in [1.82, 2.24) is 4.90 Å². The Hall–Kier alpha value is -1.42. The maximum Gasteiger partial charge on any atom is 0.165 e. The highest BCUT2D eigenvalue weighted by Gasteiger charge is 2.20. The van der Waals surface area contributed by atoms with Gasteiger partial charge in [-0.15, -0.1) is 0 Å². The molecule has 0 aliphatic carbocycles. The Kier molecular flexibility index (Phi) is 4.53. The monoisotopic (exact) mass is 265 g/mol. The van der Waals surface area contributed by atoms with E-state index in [-0.39, 0.29) is 11.5 Å². The summed E-state index contributed by atoms with van der Waals surface area (Å²) in [5.41, 5.74) is 0.375. The van der Waals surface area contributed by atoms with Crippen LogP contribution >= 0.6 is 0 Å². The zero-order valence-corrected chi connectivity index (χ0v) is 11.5. The maximum absolute atomic E-state index is 13.8. The number of Topliss-reactive ketones (excluding diaryl/α,β-unsaturated/α-hetero) is 1. The van der Waals surface area contributed by atoms with Gasteiger partial charge in [0.05, 0.1) is 0 Å². The first-order chi connectivity index (χ1) is 9.08. The number of benzene rings is 1. The van der Waals surface area contributed by atoms with E-state index in [0.29, 0.717) is 18.2 Å². The predicted octanol–water partition coefficient (Wildman–Crippen LogP) is 2.89. The molecule has 0 aromatic heterocycles. The molecule has 0 spiro atoms. The number of carbonyl (C=O) groups excluding carboxylic acids is 1. The van der Waals surface area contributed by atoms with Gasteiger partial charge in [-0.25, -0.2) is 4.39 Å². The molecule has 0 N–H and O–H groups in total. The third-order valence-electron chi connectivity index (χ3n) is 3.69. The van der Waals surface area contributed by atoms with Crippen molar-refractivity contribution in [2.75, 3.05) is 20.2 Å². The van der Waals surface area contributed by atoms with Crippen LogP contribution in [0, 0.1) is 5.82 Å². The summed E-state index contributed by atoms with van der Waals surface area (Å²) < 4.78 is 19.3. The molecular weight excluding hydrogens is 245 g/mol.